The molecule has 2 aromatic rings. The van der Waals surface area contributed by atoms with Crippen LogP contribution in [0.3, 0.4) is 0 Å². The second-order valence-corrected chi connectivity index (χ2v) is 4.65. The zero-order chi connectivity index (χ0) is 15.1. The van der Waals surface area contributed by atoms with Crippen LogP contribution in [0.5, 0.6) is 6.01 Å². The van der Waals surface area contributed by atoms with Gasteiger partial charge in [0, 0.05) is 0 Å². The van der Waals surface area contributed by atoms with E-state index in [2.05, 4.69) is 15.0 Å². The maximum atomic E-state index is 10.1. The van der Waals surface area contributed by atoms with Gasteiger partial charge in [0.05, 0.1) is 20.0 Å². The van der Waals surface area contributed by atoms with Crippen LogP contribution in [0.25, 0.3) is 11.2 Å². The van der Waals surface area contributed by atoms with Gasteiger partial charge in [-0.15, -0.1) is 0 Å². The standard InChI is InChI=1S/C11H15N5O5/c1-20-11-15-9-5(13-3-14-9)8(12)16(11)10-7(19)6(18)4(2-17)21-10/h3-4,6-7,10,12,17-19H,2H2,1H3,(H,13,14)/t4-,6-,7+,10-/m1/s1. The Kier molecular flexibility index (Phi) is 3.37. The van der Waals surface area contributed by atoms with Crippen molar-refractivity contribution >= 4 is 11.2 Å². The molecule has 1 aliphatic rings. The van der Waals surface area contributed by atoms with Crippen LogP contribution in [0.1, 0.15) is 6.23 Å². The molecule has 1 fully saturated rings. The molecule has 0 aliphatic carbocycles. The van der Waals surface area contributed by atoms with Gasteiger partial charge < -0.3 is 29.8 Å². The third-order valence-electron chi connectivity index (χ3n) is 3.46. The highest BCUT2D eigenvalue weighted by atomic mass is 16.6. The number of nitrogens with one attached hydrogen (secondary N) is 2. The van der Waals surface area contributed by atoms with E-state index in [1.807, 2.05) is 0 Å². The van der Waals surface area contributed by atoms with Gasteiger partial charge >= 0.3 is 6.01 Å². The Hall–Kier alpha value is -2.01. The molecule has 0 saturated carbocycles. The van der Waals surface area contributed by atoms with Crippen molar-refractivity contribution in [2.45, 2.75) is 24.5 Å². The fourth-order valence-electron chi connectivity index (χ4n) is 2.38. The number of imidazole rings is 1. The minimum absolute atomic E-state index is 0.00874. The first-order valence-corrected chi connectivity index (χ1v) is 6.25. The van der Waals surface area contributed by atoms with Gasteiger partial charge in [-0.25, -0.2) is 9.55 Å². The Labute approximate surface area is 118 Å². The fraction of sp³-hybridized carbons (Fsp3) is 0.545. The first kappa shape index (κ1) is 13.9. The van der Waals surface area contributed by atoms with Crippen molar-refractivity contribution in [2.24, 2.45) is 0 Å². The van der Waals surface area contributed by atoms with Crippen LogP contribution in [0.2, 0.25) is 0 Å². The number of ether oxygens (including phenoxy) is 2. The molecule has 21 heavy (non-hydrogen) atoms. The molecule has 0 aromatic carbocycles. The molecule has 3 heterocycles. The fourth-order valence-corrected chi connectivity index (χ4v) is 2.38. The van der Waals surface area contributed by atoms with Crippen molar-refractivity contribution < 1.29 is 24.8 Å². The number of nitrogens with zero attached hydrogens (tertiary/aromatic N) is 3. The zero-order valence-electron chi connectivity index (χ0n) is 11.1. The predicted molar refractivity (Wildman–Crippen MR) is 67.3 cm³/mol. The van der Waals surface area contributed by atoms with Crippen LogP contribution >= 0.6 is 0 Å². The molecular weight excluding hydrogens is 282 g/mol. The van der Waals surface area contributed by atoms with E-state index in [0.29, 0.717) is 11.2 Å². The maximum absolute atomic E-state index is 10.1. The van der Waals surface area contributed by atoms with Crippen LogP contribution < -0.4 is 10.2 Å². The van der Waals surface area contributed by atoms with Gasteiger partial charge in [-0.2, -0.15) is 4.98 Å². The highest BCUT2D eigenvalue weighted by Crippen LogP contribution is 2.30. The van der Waals surface area contributed by atoms with E-state index in [-0.39, 0.29) is 11.5 Å². The summed E-state index contributed by atoms with van der Waals surface area (Å²) in [4.78, 5) is 10.8. The number of fused-ring (bicyclic) bond motifs is 1. The monoisotopic (exact) mass is 297 g/mol. The lowest BCUT2D eigenvalue weighted by molar-refractivity contribution is -0.0581. The summed E-state index contributed by atoms with van der Waals surface area (Å²) in [5, 5.41) is 37.2. The summed E-state index contributed by atoms with van der Waals surface area (Å²) in [5.74, 6) is 0. The van der Waals surface area contributed by atoms with E-state index in [1.54, 1.807) is 0 Å². The minimum atomic E-state index is -1.33. The van der Waals surface area contributed by atoms with Crippen LogP contribution in [0, 0.1) is 5.41 Å². The van der Waals surface area contributed by atoms with Crippen molar-refractivity contribution in [2.75, 3.05) is 13.7 Å². The molecular formula is C11H15N5O5. The zero-order valence-corrected chi connectivity index (χ0v) is 11.1. The summed E-state index contributed by atoms with van der Waals surface area (Å²) < 4.78 is 11.7. The molecule has 3 rings (SSSR count). The number of hydrogen-bond acceptors (Lipinski definition) is 8. The maximum Gasteiger partial charge on any atom is 0.302 e. The average Bonchev–Trinajstić information content (AvgIpc) is 3.06. The van der Waals surface area contributed by atoms with Gasteiger partial charge in [0.1, 0.15) is 23.8 Å². The number of aliphatic hydroxyl groups excluding tert-OH is 3. The first-order chi connectivity index (χ1) is 10.1. The van der Waals surface area contributed by atoms with Crippen molar-refractivity contribution in [1.29, 1.82) is 5.41 Å². The lowest BCUT2D eigenvalue weighted by Crippen LogP contribution is -2.36. The summed E-state index contributed by atoms with van der Waals surface area (Å²) in [5.41, 5.74) is 0.567. The average molecular weight is 297 g/mol. The summed E-state index contributed by atoms with van der Waals surface area (Å²) in [6.07, 6.45) is -3.25. The third-order valence-corrected chi connectivity index (χ3v) is 3.46. The van der Waals surface area contributed by atoms with Crippen LogP contribution in [-0.2, 0) is 4.74 Å². The quantitative estimate of drug-likeness (QED) is 0.434. The van der Waals surface area contributed by atoms with Crippen molar-refractivity contribution in [3.8, 4) is 6.01 Å². The van der Waals surface area contributed by atoms with E-state index in [1.165, 1.54) is 18.0 Å². The lowest BCUT2D eigenvalue weighted by Gasteiger charge is -2.20. The number of methoxy groups -OCH3 is 1. The molecule has 0 bridgehead atoms. The largest absolute Gasteiger partial charge is 0.468 e. The molecule has 1 aliphatic heterocycles. The lowest BCUT2D eigenvalue weighted by atomic mass is 10.1. The number of aromatic amines is 1. The molecule has 10 nitrogen and oxygen atoms in total. The molecule has 4 atom stereocenters. The normalized spacial score (nSPS) is 29.1. The van der Waals surface area contributed by atoms with Crippen LogP contribution in [0.15, 0.2) is 6.33 Å². The Morgan fingerprint density at radius 3 is 2.86 bits per heavy atom. The van der Waals surface area contributed by atoms with Gasteiger partial charge in [-0.05, 0) is 0 Å². The molecule has 0 amide bonds. The van der Waals surface area contributed by atoms with Gasteiger partial charge in [-0.1, -0.05) is 0 Å². The molecule has 2 aromatic heterocycles. The van der Waals surface area contributed by atoms with E-state index in [4.69, 9.17) is 20.0 Å². The number of H-pyrrole nitrogens is 1. The summed E-state index contributed by atoms with van der Waals surface area (Å²) in [6.45, 7) is -0.454. The summed E-state index contributed by atoms with van der Waals surface area (Å²) >= 11 is 0. The number of aliphatic hydroxyl groups is 3. The molecule has 0 unspecified atom stereocenters. The topological polar surface area (TPSA) is 150 Å². The van der Waals surface area contributed by atoms with Crippen molar-refractivity contribution in [1.82, 2.24) is 19.5 Å². The SMILES string of the molecule is COc1nc2nc[nH]c2c(=N)n1[C@@H]1O[C@H](CO)[C@@H](O)[C@@H]1O. The van der Waals surface area contributed by atoms with Crippen LogP contribution in [0.4, 0.5) is 0 Å². The second-order valence-electron chi connectivity index (χ2n) is 4.65. The van der Waals surface area contributed by atoms with Gasteiger partial charge in [-0.3, -0.25) is 5.41 Å². The molecule has 1 saturated heterocycles. The predicted octanol–water partition coefficient (Wildman–Crippen LogP) is -2.14. The summed E-state index contributed by atoms with van der Waals surface area (Å²) in [6, 6.07) is 0.00874. The van der Waals surface area contributed by atoms with E-state index in [0.717, 1.165) is 0 Å². The molecule has 0 spiro atoms. The van der Waals surface area contributed by atoms with Gasteiger partial charge in [0.25, 0.3) is 0 Å². The molecule has 0 radical (unpaired) electrons. The molecule has 10 heteroatoms. The number of rotatable bonds is 3. The number of aromatic nitrogens is 4. The number of hydrogen-bond donors (Lipinski definition) is 5. The molecule has 5 N–H and O–H groups in total. The van der Waals surface area contributed by atoms with Gasteiger partial charge in [0.15, 0.2) is 17.4 Å². The van der Waals surface area contributed by atoms with Crippen molar-refractivity contribution in [3.05, 3.63) is 11.8 Å². The molecule has 114 valence electrons. The minimum Gasteiger partial charge on any atom is -0.468 e. The summed E-state index contributed by atoms with van der Waals surface area (Å²) in [7, 11) is 1.36. The Balaban J connectivity index is 2.15. The van der Waals surface area contributed by atoms with Crippen LogP contribution in [-0.4, -0.2) is 66.9 Å². The smallest absolute Gasteiger partial charge is 0.302 e. The third kappa shape index (κ3) is 2.00. The first-order valence-electron chi connectivity index (χ1n) is 6.25. The Morgan fingerprint density at radius 2 is 2.24 bits per heavy atom. The van der Waals surface area contributed by atoms with E-state index < -0.39 is 31.1 Å². The van der Waals surface area contributed by atoms with Gasteiger partial charge in [0.2, 0.25) is 0 Å². The second kappa shape index (κ2) is 5.07. The Bertz CT molecular complexity index is 713. The van der Waals surface area contributed by atoms with E-state index >= 15 is 0 Å². The van der Waals surface area contributed by atoms with E-state index in [9.17, 15) is 10.2 Å². The highest BCUT2D eigenvalue weighted by molar-refractivity contribution is 5.68. The highest BCUT2D eigenvalue weighted by Gasteiger charge is 2.44. The van der Waals surface area contributed by atoms with Crippen molar-refractivity contribution in [3.63, 3.8) is 0 Å². The Morgan fingerprint density at radius 1 is 1.48 bits per heavy atom.